The lowest BCUT2D eigenvalue weighted by molar-refractivity contribution is -0.0153. The Labute approximate surface area is 93.5 Å². The fourth-order valence-corrected chi connectivity index (χ4v) is 1.40. The monoisotopic (exact) mass is 228 g/mol. The van der Waals surface area contributed by atoms with Crippen LogP contribution < -0.4 is 4.74 Å². The molecule has 0 aliphatic heterocycles. The molecule has 0 aromatic heterocycles. The van der Waals surface area contributed by atoms with Gasteiger partial charge >= 0.3 is 0 Å². The fraction of sp³-hybridized carbons (Fsp3) is 0.455. The highest BCUT2D eigenvalue weighted by Gasteiger charge is 2.18. The number of aliphatic hydroxyl groups excluding tert-OH is 4. The molecule has 2 atom stereocenters. The first-order valence-electron chi connectivity index (χ1n) is 4.88. The van der Waals surface area contributed by atoms with Crippen LogP contribution in [-0.4, -0.2) is 40.2 Å². The average molecular weight is 228 g/mol. The van der Waals surface area contributed by atoms with Gasteiger partial charge in [0, 0.05) is 5.56 Å². The topological polar surface area (TPSA) is 90.2 Å². The molecule has 16 heavy (non-hydrogen) atoms. The largest absolute Gasteiger partial charge is 0.496 e. The van der Waals surface area contributed by atoms with Gasteiger partial charge in [0.25, 0.3) is 0 Å². The summed E-state index contributed by atoms with van der Waals surface area (Å²) in [6.45, 7) is -0.687. The van der Waals surface area contributed by atoms with Crippen molar-refractivity contribution in [2.24, 2.45) is 0 Å². The minimum atomic E-state index is -1.23. The van der Waals surface area contributed by atoms with Gasteiger partial charge in [-0.25, -0.2) is 0 Å². The van der Waals surface area contributed by atoms with Crippen LogP contribution in [0.25, 0.3) is 0 Å². The molecular weight excluding hydrogens is 212 g/mol. The third-order valence-electron chi connectivity index (χ3n) is 2.37. The summed E-state index contributed by atoms with van der Waals surface area (Å²) in [4.78, 5) is 0. The van der Waals surface area contributed by atoms with E-state index in [0.29, 0.717) is 16.9 Å². The Morgan fingerprint density at radius 1 is 1.25 bits per heavy atom. The minimum absolute atomic E-state index is 0.165. The normalized spacial score (nSPS) is 14.6. The number of rotatable bonds is 5. The minimum Gasteiger partial charge on any atom is -0.496 e. The molecule has 90 valence electrons. The van der Waals surface area contributed by atoms with E-state index in [1.165, 1.54) is 13.2 Å². The molecule has 1 aromatic rings. The van der Waals surface area contributed by atoms with E-state index in [4.69, 9.17) is 14.9 Å². The Morgan fingerprint density at radius 3 is 2.44 bits per heavy atom. The molecule has 5 heteroatoms. The summed E-state index contributed by atoms with van der Waals surface area (Å²) in [6.07, 6.45) is -2.41. The van der Waals surface area contributed by atoms with Crippen LogP contribution in [0.5, 0.6) is 5.75 Å². The number of ether oxygens (including phenoxy) is 1. The Hall–Kier alpha value is -1.14. The van der Waals surface area contributed by atoms with Crippen LogP contribution in [0.15, 0.2) is 18.2 Å². The molecule has 2 unspecified atom stereocenters. The van der Waals surface area contributed by atoms with Gasteiger partial charge in [-0.2, -0.15) is 0 Å². The van der Waals surface area contributed by atoms with E-state index in [9.17, 15) is 10.2 Å². The number of aliphatic hydroxyl groups is 4. The SMILES string of the molecule is COc1cc(C(O)C(O)CO)ccc1CO. The van der Waals surface area contributed by atoms with Crippen LogP contribution in [-0.2, 0) is 6.61 Å². The predicted molar refractivity (Wildman–Crippen MR) is 57.0 cm³/mol. The lowest BCUT2D eigenvalue weighted by Gasteiger charge is -2.17. The van der Waals surface area contributed by atoms with E-state index in [-0.39, 0.29) is 6.61 Å². The second-order valence-electron chi connectivity index (χ2n) is 3.42. The van der Waals surface area contributed by atoms with Gasteiger partial charge in [-0.1, -0.05) is 12.1 Å². The zero-order valence-electron chi connectivity index (χ0n) is 9.00. The summed E-state index contributed by atoms with van der Waals surface area (Å²) < 4.78 is 5.03. The van der Waals surface area contributed by atoms with Crippen molar-refractivity contribution >= 4 is 0 Å². The van der Waals surface area contributed by atoms with Crippen LogP contribution in [0.1, 0.15) is 17.2 Å². The molecular formula is C11H16O5. The third-order valence-corrected chi connectivity index (χ3v) is 2.37. The molecule has 5 nitrogen and oxygen atoms in total. The van der Waals surface area contributed by atoms with Crippen molar-refractivity contribution < 1.29 is 25.2 Å². The van der Waals surface area contributed by atoms with Gasteiger partial charge < -0.3 is 25.2 Å². The highest BCUT2D eigenvalue weighted by molar-refractivity contribution is 5.38. The third kappa shape index (κ3) is 2.70. The molecule has 0 heterocycles. The molecule has 0 radical (unpaired) electrons. The first-order chi connectivity index (χ1) is 7.63. The average Bonchev–Trinajstić information content (AvgIpc) is 2.35. The predicted octanol–water partition coefficient (Wildman–Crippen LogP) is -0.426. The second kappa shape index (κ2) is 5.81. The summed E-state index contributed by atoms with van der Waals surface area (Å²) in [6, 6.07) is 4.69. The Balaban J connectivity index is 2.98. The summed E-state index contributed by atoms with van der Waals surface area (Å²) in [5.74, 6) is 0.434. The van der Waals surface area contributed by atoms with Crippen LogP contribution in [0.2, 0.25) is 0 Å². The zero-order chi connectivity index (χ0) is 12.1. The van der Waals surface area contributed by atoms with E-state index in [0.717, 1.165) is 0 Å². The van der Waals surface area contributed by atoms with Gasteiger partial charge in [0.05, 0.1) is 20.3 Å². The van der Waals surface area contributed by atoms with Gasteiger partial charge in [-0.3, -0.25) is 0 Å². The van der Waals surface area contributed by atoms with Gasteiger partial charge in [-0.05, 0) is 11.6 Å². The highest BCUT2D eigenvalue weighted by Crippen LogP contribution is 2.25. The smallest absolute Gasteiger partial charge is 0.124 e. The van der Waals surface area contributed by atoms with Crippen LogP contribution >= 0.6 is 0 Å². The number of benzene rings is 1. The highest BCUT2D eigenvalue weighted by atomic mass is 16.5. The van der Waals surface area contributed by atoms with Gasteiger partial charge in [0.15, 0.2) is 0 Å². The van der Waals surface area contributed by atoms with Crippen molar-refractivity contribution in [3.05, 3.63) is 29.3 Å². The summed E-state index contributed by atoms with van der Waals surface area (Å²) in [7, 11) is 1.45. The zero-order valence-corrected chi connectivity index (χ0v) is 9.00. The first-order valence-corrected chi connectivity index (χ1v) is 4.88. The van der Waals surface area contributed by atoms with Crippen molar-refractivity contribution in [1.82, 2.24) is 0 Å². The number of methoxy groups -OCH3 is 1. The molecule has 4 N–H and O–H groups in total. The Bertz CT molecular complexity index is 339. The molecule has 1 aromatic carbocycles. The van der Waals surface area contributed by atoms with Crippen molar-refractivity contribution in [2.45, 2.75) is 18.8 Å². The van der Waals surface area contributed by atoms with Crippen molar-refractivity contribution in [1.29, 1.82) is 0 Å². The summed E-state index contributed by atoms with van der Waals surface area (Å²) in [5, 5.41) is 36.6. The van der Waals surface area contributed by atoms with E-state index < -0.39 is 18.8 Å². The van der Waals surface area contributed by atoms with E-state index in [1.54, 1.807) is 12.1 Å². The van der Waals surface area contributed by atoms with Crippen LogP contribution in [0, 0.1) is 0 Å². The van der Waals surface area contributed by atoms with Crippen molar-refractivity contribution in [2.75, 3.05) is 13.7 Å². The van der Waals surface area contributed by atoms with E-state index in [2.05, 4.69) is 0 Å². The van der Waals surface area contributed by atoms with Crippen LogP contribution in [0.3, 0.4) is 0 Å². The fourth-order valence-electron chi connectivity index (χ4n) is 1.40. The molecule has 0 saturated heterocycles. The Kier molecular flexibility index (Phi) is 4.70. The van der Waals surface area contributed by atoms with E-state index >= 15 is 0 Å². The van der Waals surface area contributed by atoms with E-state index in [1.807, 2.05) is 0 Å². The second-order valence-corrected chi connectivity index (χ2v) is 3.42. The molecule has 0 aliphatic carbocycles. The Morgan fingerprint density at radius 2 is 1.94 bits per heavy atom. The first kappa shape index (κ1) is 12.9. The van der Waals surface area contributed by atoms with Gasteiger partial charge in [-0.15, -0.1) is 0 Å². The molecule has 0 aliphatic rings. The standard InChI is InChI=1S/C11H16O5/c1-16-10-4-7(2-3-8(10)5-12)11(15)9(14)6-13/h2-4,9,11-15H,5-6H2,1H3. The van der Waals surface area contributed by atoms with Crippen molar-refractivity contribution in [3.63, 3.8) is 0 Å². The maximum atomic E-state index is 9.64. The van der Waals surface area contributed by atoms with Gasteiger partial charge in [0.1, 0.15) is 18.0 Å². The summed E-state index contributed by atoms with van der Waals surface area (Å²) >= 11 is 0. The molecule has 0 fully saturated rings. The van der Waals surface area contributed by atoms with Crippen molar-refractivity contribution in [3.8, 4) is 5.75 Å². The maximum absolute atomic E-state index is 9.64. The quantitative estimate of drug-likeness (QED) is 0.549. The number of hydrogen-bond acceptors (Lipinski definition) is 5. The lowest BCUT2D eigenvalue weighted by Crippen LogP contribution is -2.22. The van der Waals surface area contributed by atoms with Gasteiger partial charge in [0.2, 0.25) is 0 Å². The number of hydrogen-bond donors (Lipinski definition) is 4. The lowest BCUT2D eigenvalue weighted by atomic mass is 10.0. The molecule has 0 bridgehead atoms. The maximum Gasteiger partial charge on any atom is 0.124 e. The molecule has 0 spiro atoms. The molecule has 0 amide bonds. The molecule has 0 saturated carbocycles. The molecule has 1 rings (SSSR count). The van der Waals surface area contributed by atoms with Crippen LogP contribution in [0.4, 0.5) is 0 Å². The summed E-state index contributed by atoms with van der Waals surface area (Å²) in [5.41, 5.74) is 1.02.